The van der Waals surface area contributed by atoms with E-state index in [1.807, 2.05) is 32.3 Å². The van der Waals surface area contributed by atoms with Crippen LogP contribution in [0.5, 0.6) is 0 Å². The molecule has 0 amide bonds. The van der Waals surface area contributed by atoms with Gasteiger partial charge in [-0.25, -0.2) is 0 Å². The molecule has 0 aromatic heterocycles. The molecule has 0 N–H and O–H groups in total. The first-order valence-corrected chi connectivity index (χ1v) is 5.91. The number of likely N-dealkylation sites (N-methyl/N-ethyl adjacent to an activating group) is 1. The van der Waals surface area contributed by atoms with Gasteiger partial charge < -0.3 is 9.64 Å². The minimum absolute atomic E-state index is 0.0516. The van der Waals surface area contributed by atoms with Crippen molar-refractivity contribution in [3.8, 4) is 0 Å². The van der Waals surface area contributed by atoms with Crippen molar-refractivity contribution in [2.24, 2.45) is 0 Å². The molecular weight excluding hydrogens is 245 g/mol. The smallest absolute Gasteiger partial charge is 0.0713 e. The fourth-order valence-corrected chi connectivity index (χ4v) is 2.20. The molecule has 1 aromatic rings. The largest absolute Gasteiger partial charge is 0.380 e. The molecule has 4 heteroatoms. The Balaban J connectivity index is 2.86. The molecule has 0 spiro atoms. The van der Waals surface area contributed by atoms with E-state index in [9.17, 15) is 0 Å². The summed E-state index contributed by atoms with van der Waals surface area (Å²) >= 11 is 12.3. The SMILES string of the molecule is COCc1cc(Cl)cc(C(Cl)CN(C)C)c1. The molecule has 0 radical (unpaired) electrons. The predicted octanol–water partition coefficient (Wildman–Crippen LogP) is 3.33. The number of ether oxygens (including phenoxy) is 1. The lowest BCUT2D eigenvalue weighted by Gasteiger charge is -2.16. The molecule has 16 heavy (non-hydrogen) atoms. The van der Waals surface area contributed by atoms with Gasteiger partial charge in [-0.05, 0) is 37.4 Å². The minimum atomic E-state index is -0.0516. The van der Waals surface area contributed by atoms with E-state index in [4.69, 9.17) is 27.9 Å². The van der Waals surface area contributed by atoms with Gasteiger partial charge in [0.15, 0.2) is 0 Å². The maximum absolute atomic E-state index is 6.30. The maximum Gasteiger partial charge on any atom is 0.0713 e. The van der Waals surface area contributed by atoms with Crippen LogP contribution in [0.1, 0.15) is 16.5 Å². The topological polar surface area (TPSA) is 12.5 Å². The second-order valence-corrected chi connectivity index (χ2v) is 5.02. The number of rotatable bonds is 5. The Morgan fingerprint density at radius 2 is 2.00 bits per heavy atom. The van der Waals surface area contributed by atoms with Crippen molar-refractivity contribution < 1.29 is 4.74 Å². The summed E-state index contributed by atoms with van der Waals surface area (Å²) in [4.78, 5) is 2.05. The van der Waals surface area contributed by atoms with Gasteiger partial charge in [-0.15, -0.1) is 11.6 Å². The molecule has 1 aromatic carbocycles. The molecule has 0 aliphatic rings. The maximum atomic E-state index is 6.30. The van der Waals surface area contributed by atoms with Gasteiger partial charge in [0, 0.05) is 18.7 Å². The lowest BCUT2D eigenvalue weighted by molar-refractivity contribution is 0.185. The monoisotopic (exact) mass is 261 g/mol. The molecule has 0 aliphatic heterocycles. The lowest BCUT2D eigenvalue weighted by Crippen LogP contribution is -2.17. The van der Waals surface area contributed by atoms with E-state index >= 15 is 0 Å². The third kappa shape index (κ3) is 4.30. The predicted molar refractivity (Wildman–Crippen MR) is 69.3 cm³/mol. The van der Waals surface area contributed by atoms with Crippen molar-refractivity contribution in [3.05, 3.63) is 34.3 Å². The molecule has 0 heterocycles. The zero-order chi connectivity index (χ0) is 12.1. The van der Waals surface area contributed by atoms with E-state index in [2.05, 4.69) is 4.90 Å². The highest BCUT2D eigenvalue weighted by Gasteiger charge is 2.11. The van der Waals surface area contributed by atoms with Gasteiger partial charge in [-0.3, -0.25) is 0 Å². The number of benzene rings is 1. The van der Waals surface area contributed by atoms with E-state index in [1.165, 1.54) is 0 Å². The van der Waals surface area contributed by atoms with Crippen LogP contribution in [-0.2, 0) is 11.3 Å². The van der Waals surface area contributed by atoms with Gasteiger partial charge in [-0.2, -0.15) is 0 Å². The highest BCUT2D eigenvalue weighted by atomic mass is 35.5. The van der Waals surface area contributed by atoms with E-state index in [0.717, 1.165) is 17.7 Å². The third-order valence-electron chi connectivity index (χ3n) is 2.18. The van der Waals surface area contributed by atoms with Crippen LogP contribution in [0.3, 0.4) is 0 Å². The molecule has 1 unspecified atom stereocenters. The fraction of sp³-hybridized carbons (Fsp3) is 0.500. The van der Waals surface area contributed by atoms with Crippen molar-refractivity contribution in [2.75, 3.05) is 27.7 Å². The number of hydrogen-bond donors (Lipinski definition) is 0. The number of hydrogen-bond acceptors (Lipinski definition) is 2. The Bertz CT molecular complexity index is 342. The zero-order valence-corrected chi connectivity index (χ0v) is 11.3. The first-order chi connectivity index (χ1) is 7.52. The summed E-state index contributed by atoms with van der Waals surface area (Å²) in [7, 11) is 5.66. The minimum Gasteiger partial charge on any atom is -0.380 e. The summed E-state index contributed by atoms with van der Waals surface area (Å²) in [5.74, 6) is 0. The van der Waals surface area contributed by atoms with Gasteiger partial charge in [-0.1, -0.05) is 17.7 Å². The fourth-order valence-electron chi connectivity index (χ4n) is 1.53. The zero-order valence-electron chi connectivity index (χ0n) is 9.84. The van der Waals surface area contributed by atoms with Crippen molar-refractivity contribution in [1.29, 1.82) is 0 Å². The second kappa shape index (κ2) is 6.45. The normalized spacial score (nSPS) is 13.1. The number of nitrogens with zero attached hydrogens (tertiary/aromatic N) is 1. The summed E-state index contributed by atoms with van der Waals surface area (Å²) in [6, 6.07) is 5.84. The van der Waals surface area contributed by atoms with Crippen LogP contribution in [0.2, 0.25) is 5.02 Å². The summed E-state index contributed by atoms with van der Waals surface area (Å²) in [6.07, 6.45) is 0. The molecule has 0 bridgehead atoms. The average molecular weight is 262 g/mol. The molecule has 0 saturated carbocycles. The Morgan fingerprint density at radius 3 is 2.56 bits per heavy atom. The van der Waals surface area contributed by atoms with Gasteiger partial charge >= 0.3 is 0 Å². The Morgan fingerprint density at radius 1 is 1.31 bits per heavy atom. The summed E-state index contributed by atoms with van der Waals surface area (Å²) in [6.45, 7) is 1.34. The van der Waals surface area contributed by atoms with Crippen LogP contribution in [0, 0.1) is 0 Å². The van der Waals surface area contributed by atoms with Crippen LogP contribution in [0.4, 0.5) is 0 Å². The highest BCUT2D eigenvalue weighted by molar-refractivity contribution is 6.31. The van der Waals surface area contributed by atoms with Crippen molar-refractivity contribution in [1.82, 2.24) is 4.90 Å². The van der Waals surface area contributed by atoms with Crippen LogP contribution in [-0.4, -0.2) is 32.6 Å². The molecule has 0 fully saturated rings. The van der Waals surface area contributed by atoms with Crippen LogP contribution < -0.4 is 0 Å². The highest BCUT2D eigenvalue weighted by Crippen LogP contribution is 2.25. The van der Waals surface area contributed by atoms with Crippen molar-refractivity contribution in [3.63, 3.8) is 0 Å². The van der Waals surface area contributed by atoms with Crippen LogP contribution in [0.15, 0.2) is 18.2 Å². The van der Waals surface area contributed by atoms with E-state index in [0.29, 0.717) is 11.6 Å². The first kappa shape index (κ1) is 13.8. The molecule has 2 nitrogen and oxygen atoms in total. The first-order valence-electron chi connectivity index (χ1n) is 5.10. The Kier molecular flexibility index (Phi) is 5.56. The van der Waals surface area contributed by atoms with E-state index in [-0.39, 0.29) is 5.38 Å². The lowest BCUT2D eigenvalue weighted by atomic mass is 10.1. The van der Waals surface area contributed by atoms with Gasteiger partial charge in [0.05, 0.1) is 12.0 Å². The molecule has 90 valence electrons. The van der Waals surface area contributed by atoms with Gasteiger partial charge in [0.25, 0.3) is 0 Å². The van der Waals surface area contributed by atoms with Crippen LogP contribution in [0.25, 0.3) is 0 Å². The number of halogens is 2. The number of alkyl halides is 1. The Labute approximate surface area is 107 Å². The number of methoxy groups -OCH3 is 1. The van der Waals surface area contributed by atoms with Crippen molar-refractivity contribution in [2.45, 2.75) is 12.0 Å². The second-order valence-electron chi connectivity index (χ2n) is 4.06. The molecular formula is C12H17Cl2NO. The third-order valence-corrected chi connectivity index (χ3v) is 2.79. The van der Waals surface area contributed by atoms with Crippen molar-refractivity contribution >= 4 is 23.2 Å². The molecule has 0 aliphatic carbocycles. The summed E-state index contributed by atoms with van der Waals surface area (Å²) in [5, 5.41) is 0.651. The van der Waals surface area contributed by atoms with Gasteiger partial charge in [0.1, 0.15) is 0 Å². The average Bonchev–Trinajstić information content (AvgIpc) is 2.16. The molecule has 1 rings (SSSR count). The summed E-state index contributed by atoms with van der Waals surface area (Å²) < 4.78 is 5.09. The summed E-state index contributed by atoms with van der Waals surface area (Å²) in [5.41, 5.74) is 2.09. The van der Waals surface area contributed by atoms with Gasteiger partial charge in [0.2, 0.25) is 0 Å². The standard InChI is InChI=1S/C12H17Cl2NO/c1-15(2)7-12(14)10-4-9(8-16-3)5-11(13)6-10/h4-6,12H,7-8H2,1-3H3. The van der Waals surface area contributed by atoms with Crippen LogP contribution >= 0.6 is 23.2 Å². The Hall–Kier alpha value is -0.280. The van der Waals surface area contributed by atoms with E-state index in [1.54, 1.807) is 7.11 Å². The quantitative estimate of drug-likeness (QED) is 0.755. The van der Waals surface area contributed by atoms with E-state index < -0.39 is 0 Å². The molecule has 0 saturated heterocycles. The molecule has 1 atom stereocenters.